The first-order valence-corrected chi connectivity index (χ1v) is 7.89. The lowest BCUT2D eigenvalue weighted by Gasteiger charge is -2.11. The molecule has 0 aliphatic heterocycles. The number of carboxylic acid groups (broad SMARTS) is 1. The van der Waals surface area contributed by atoms with Crippen LogP contribution in [0.25, 0.3) is 0 Å². The minimum atomic E-state index is -3.48. The molecule has 0 heterocycles. The topological polar surface area (TPSA) is 101 Å². The van der Waals surface area contributed by atoms with Crippen LogP contribution >= 0.6 is 0 Å². The summed E-state index contributed by atoms with van der Waals surface area (Å²) in [5, 5.41) is 11.3. The lowest BCUT2D eigenvalue weighted by molar-refractivity contribution is -0.133. The van der Waals surface area contributed by atoms with Gasteiger partial charge in [0.2, 0.25) is 0 Å². The molecule has 0 aromatic heterocycles. The van der Waals surface area contributed by atoms with E-state index in [-0.39, 0.29) is 27.5 Å². The summed E-state index contributed by atoms with van der Waals surface area (Å²) in [7, 11) is -3.48. The van der Waals surface area contributed by atoms with Crippen LogP contribution in [0.4, 0.5) is 5.69 Å². The Morgan fingerprint density at radius 2 is 1.71 bits per heavy atom. The van der Waals surface area contributed by atoms with Gasteiger partial charge in [-0.05, 0) is 26.0 Å². The molecule has 21 heavy (non-hydrogen) atoms. The van der Waals surface area contributed by atoms with Gasteiger partial charge in [-0.3, -0.25) is 4.79 Å². The second-order valence-electron chi connectivity index (χ2n) is 4.41. The van der Waals surface area contributed by atoms with E-state index in [9.17, 15) is 18.0 Å². The highest BCUT2D eigenvalue weighted by atomic mass is 32.2. The van der Waals surface area contributed by atoms with Crippen molar-refractivity contribution < 1.29 is 23.1 Å². The van der Waals surface area contributed by atoms with Crippen molar-refractivity contribution in [3.8, 4) is 0 Å². The van der Waals surface area contributed by atoms with Gasteiger partial charge in [-0.25, -0.2) is 13.2 Å². The van der Waals surface area contributed by atoms with Crippen molar-refractivity contribution >= 4 is 27.4 Å². The Labute approximate surface area is 123 Å². The normalized spacial score (nSPS) is 12.5. The monoisotopic (exact) mass is 311 g/mol. The molecule has 0 fully saturated rings. The predicted octanol–water partition coefficient (Wildman–Crippen LogP) is 1.84. The standard InChI is InChI=1S/C14H17NO5S/c1-4-21(19,20)12-8-6-5-7-11(12)15-13(16)9(2)10(3)14(17)18/h5-8H,4H2,1-3H3,(H,15,16)(H,17,18). The summed E-state index contributed by atoms with van der Waals surface area (Å²) in [5.41, 5.74) is 0.0661. The van der Waals surface area contributed by atoms with Crippen LogP contribution in [0.15, 0.2) is 40.3 Å². The number of hydrogen-bond acceptors (Lipinski definition) is 4. The first-order chi connectivity index (χ1) is 9.70. The summed E-state index contributed by atoms with van der Waals surface area (Å²) in [4.78, 5) is 22.9. The Morgan fingerprint density at radius 1 is 1.14 bits per heavy atom. The molecule has 6 nitrogen and oxygen atoms in total. The summed E-state index contributed by atoms with van der Waals surface area (Å²) >= 11 is 0. The van der Waals surface area contributed by atoms with E-state index in [4.69, 9.17) is 5.11 Å². The van der Waals surface area contributed by atoms with Crippen molar-refractivity contribution in [1.82, 2.24) is 0 Å². The van der Waals surface area contributed by atoms with Gasteiger partial charge in [0, 0.05) is 11.1 Å². The average Bonchev–Trinajstić information content (AvgIpc) is 2.45. The predicted molar refractivity (Wildman–Crippen MR) is 78.8 cm³/mol. The number of sulfone groups is 1. The summed E-state index contributed by atoms with van der Waals surface area (Å²) in [6.45, 7) is 4.19. The number of amides is 1. The van der Waals surface area contributed by atoms with E-state index in [1.165, 1.54) is 32.9 Å². The Bertz CT molecular complexity index is 704. The molecule has 0 bridgehead atoms. The quantitative estimate of drug-likeness (QED) is 0.808. The third kappa shape index (κ3) is 3.91. The number of nitrogens with one attached hydrogen (secondary N) is 1. The maximum atomic E-state index is 12.0. The van der Waals surface area contributed by atoms with Crippen LogP contribution in [0.2, 0.25) is 0 Å². The molecule has 0 radical (unpaired) electrons. The van der Waals surface area contributed by atoms with Crippen molar-refractivity contribution in [2.45, 2.75) is 25.7 Å². The molecule has 0 saturated heterocycles. The largest absolute Gasteiger partial charge is 0.478 e. The first kappa shape index (κ1) is 16.9. The molecule has 114 valence electrons. The van der Waals surface area contributed by atoms with Gasteiger partial charge in [0.15, 0.2) is 9.84 Å². The molecular weight excluding hydrogens is 294 g/mol. The Kier molecular flexibility index (Phi) is 5.26. The van der Waals surface area contributed by atoms with Crippen molar-refractivity contribution in [2.75, 3.05) is 11.1 Å². The number of rotatable bonds is 5. The molecule has 0 aliphatic rings. The van der Waals surface area contributed by atoms with E-state index in [1.54, 1.807) is 12.1 Å². The minimum absolute atomic E-state index is 0.0154. The zero-order valence-corrected chi connectivity index (χ0v) is 12.8. The van der Waals surface area contributed by atoms with Crippen molar-refractivity contribution in [1.29, 1.82) is 0 Å². The average molecular weight is 311 g/mol. The maximum Gasteiger partial charge on any atom is 0.331 e. The smallest absolute Gasteiger partial charge is 0.331 e. The molecule has 1 aromatic rings. The summed E-state index contributed by atoms with van der Waals surface area (Å²) in [6, 6.07) is 6.01. The number of carbonyl (C=O) groups excluding carboxylic acids is 1. The van der Waals surface area contributed by atoms with E-state index in [1.807, 2.05) is 0 Å². The van der Waals surface area contributed by atoms with Gasteiger partial charge in [0.05, 0.1) is 16.3 Å². The SMILES string of the molecule is CCS(=O)(=O)c1ccccc1NC(=O)C(C)=C(C)C(=O)O. The zero-order chi connectivity index (χ0) is 16.2. The molecule has 0 aliphatic carbocycles. The van der Waals surface area contributed by atoms with Crippen molar-refractivity contribution in [2.24, 2.45) is 0 Å². The van der Waals surface area contributed by atoms with Gasteiger partial charge in [-0.2, -0.15) is 0 Å². The fourth-order valence-electron chi connectivity index (χ4n) is 1.54. The number of para-hydroxylation sites is 1. The third-order valence-electron chi connectivity index (χ3n) is 3.07. The highest BCUT2D eigenvalue weighted by molar-refractivity contribution is 7.91. The zero-order valence-electron chi connectivity index (χ0n) is 12.0. The molecular formula is C14H17NO5S. The molecule has 1 amide bonds. The fourth-order valence-corrected chi connectivity index (χ4v) is 2.59. The number of hydrogen-bond donors (Lipinski definition) is 2. The molecule has 0 spiro atoms. The minimum Gasteiger partial charge on any atom is -0.478 e. The Morgan fingerprint density at radius 3 is 2.24 bits per heavy atom. The molecule has 1 rings (SSSR count). The van der Waals surface area contributed by atoms with Gasteiger partial charge in [-0.1, -0.05) is 19.1 Å². The number of aliphatic carboxylic acids is 1. The van der Waals surface area contributed by atoms with Gasteiger partial charge >= 0.3 is 5.97 Å². The first-order valence-electron chi connectivity index (χ1n) is 6.24. The Balaban J connectivity index is 3.20. The van der Waals surface area contributed by atoms with E-state index in [2.05, 4.69) is 5.32 Å². The second-order valence-corrected chi connectivity index (χ2v) is 6.66. The van der Waals surface area contributed by atoms with Gasteiger partial charge in [0.25, 0.3) is 5.91 Å². The summed E-state index contributed by atoms with van der Waals surface area (Å²) < 4.78 is 23.9. The van der Waals surface area contributed by atoms with Crippen LogP contribution in [0.3, 0.4) is 0 Å². The number of carbonyl (C=O) groups is 2. The van der Waals surface area contributed by atoms with Gasteiger partial charge in [-0.15, -0.1) is 0 Å². The van der Waals surface area contributed by atoms with Crippen LogP contribution in [0.5, 0.6) is 0 Å². The van der Waals surface area contributed by atoms with Crippen molar-refractivity contribution in [3.05, 3.63) is 35.4 Å². The molecule has 0 saturated carbocycles. The van der Waals surface area contributed by atoms with E-state index >= 15 is 0 Å². The number of anilines is 1. The Hall–Kier alpha value is -2.15. The maximum absolute atomic E-state index is 12.0. The van der Waals surface area contributed by atoms with E-state index < -0.39 is 21.7 Å². The molecule has 7 heteroatoms. The molecule has 0 atom stereocenters. The lowest BCUT2D eigenvalue weighted by Crippen LogP contribution is -2.18. The van der Waals surface area contributed by atoms with E-state index in [0.717, 1.165) is 0 Å². The van der Waals surface area contributed by atoms with Crippen LogP contribution in [-0.2, 0) is 19.4 Å². The van der Waals surface area contributed by atoms with E-state index in [0.29, 0.717) is 0 Å². The molecule has 1 aromatic carbocycles. The molecule has 0 unspecified atom stereocenters. The number of benzene rings is 1. The summed E-state index contributed by atoms with van der Waals surface area (Å²) in [6.07, 6.45) is 0. The second kappa shape index (κ2) is 6.53. The fraction of sp³-hybridized carbons (Fsp3) is 0.286. The van der Waals surface area contributed by atoms with Crippen LogP contribution in [0.1, 0.15) is 20.8 Å². The van der Waals surface area contributed by atoms with Crippen LogP contribution in [0, 0.1) is 0 Å². The number of carboxylic acids is 1. The lowest BCUT2D eigenvalue weighted by atomic mass is 10.1. The van der Waals surface area contributed by atoms with Gasteiger partial charge < -0.3 is 10.4 Å². The van der Waals surface area contributed by atoms with Crippen LogP contribution < -0.4 is 5.32 Å². The van der Waals surface area contributed by atoms with Crippen LogP contribution in [-0.4, -0.2) is 31.2 Å². The van der Waals surface area contributed by atoms with Crippen molar-refractivity contribution in [3.63, 3.8) is 0 Å². The summed E-state index contributed by atoms with van der Waals surface area (Å²) in [5.74, 6) is -1.94. The highest BCUT2D eigenvalue weighted by Gasteiger charge is 2.19. The molecule has 2 N–H and O–H groups in total. The highest BCUT2D eigenvalue weighted by Crippen LogP contribution is 2.22. The van der Waals surface area contributed by atoms with Gasteiger partial charge in [0.1, 0.15) is 0 Å². The third-order valence-corrected chi connectivity index (χ3v) is 4.86.